The highest BCUT2D eigenvalue weighted by Gasteiger charge is 2.34. The van der Waals surface area contributed by atoms with Crippen molar-refractivity contribution in [2.24, 2.45) is 0 Å². The summed E-state index contributed by atoms with van der Waals surface area (Å²) in [6.07, 6.45) is 1.24. The van der Waals surface area contributed by atoms with Crippen molar-refractivity contribution in [3.05, 3.63) is 53.6 Å². The first kappa shape index (κ1) is 23.0. The Morgan fingerprint density at radius 2 is 1.94 bits per heavy atom. The number of sulfonamides is 1. The Bertz CT molecular complexity index is 1170. The predicted molar refractivity (Wildman–Crippen MR) is 123 cm³/mol. The molecule has 164 valence electrons. The molecule has 1 heterocycles. The third-order valence-electron chi connectivity index (χ3n) is 4.38. The number of carbonyl (C=O) groups excluding carboxylic acids is 1. The maximum atomic E-state index is 13.1. The minimum Gasteiger partial charge on any atom is -0.495 e. The number of nitrogens with zero attached hydrogens (tertiary/aromatic N) is 3. The molecule has 1 aromatic heterocycles. The largest absolute Gasteiger partial charge is 0.495 e. The molecule has 8 nitrogen and oxygen atoms in total. The van der Waals surface area contributed by atoms with E-state index in [1.807, 2.05) is 30.3 Å². The van der Waals surface area contributed by atoms with Crippen molar-refractivity contribution in [3.63, 3.8) is 0 Å². The fourth-order valence-corrected chi connectivity index (χ4v) is 5.16. The number of nitrogens with one attached hydrogen (secondary N) is 1. The molecule has 1 N–H and O–H groups in total. The third-order valence-corrected chi connectivity index (χ3v) is 6.67. The van der Waals surface area contributed by atoms with E-state index in [9.17, 15) is 13.2 Å². The second-order valence-corrected chi connectivity index (χ2v) is 9.84. The number of methoxy groups -OCH3 is 1. The molecule has 3 rings (SSSR count). The summed E-state index contributed by atoms with van der Waals surface area (Å²) in [4.78, 5) is 13.1. The number of amides is 1. The Kier molecular flexibility index (Phi) is 7.14. The topological polar surface area (TPSA) is 101 Å². The number of hydrogen-bond donors (Lipinski definition) is 1. The van der Waals surface area contributed by atoms with Crippen LogP contribution in [0.15, 0.2) is 48.5 Å². The van der Waals surface area contributed by atoms with E-state index in [0.29, 0.717) is 10.0 Å². The summed E-state index contributed by atoms with van der Waals surface area (Å²) in [5, 5.41) is 12.0. The standard InChI is InChI=1S/C20H21ClN4O4S2/c1-4-15(25(31(3,27)28)16-12-14(21)10-11-17(16)29-2)18(26)22-20-24-23-19(30-20)13-8-6-5-7-9-13/h5-12,15H,4H2,1-3H3,(H,22,24,26). The molecule has 0 aliphatic carbocycles. The Morgan fingerprint density at radius 1 is 1.23 bits per heavy atom. The van der Waals surface area contributed by atoms with Gasteiger partial charge in [-0.3, -0.25) is 14.4 Å². The van der Waals surface area contributed by atoms with Gasteiger partial charge in [-0.05, 0) is 24.6 Å². The van der Waals surface area contributed by atoms with E-state index in [4.69, 9.17) is 16.3 Å². The average Bonchev–Trinajstić information content (AvgIpc) is 3.20. The molecule has 3 aromatic rings. The van der Waals surface area contributed by atoms with E-state index in [2.05, 4.69) is 15.5 Å². The van der Waals surface area contributed by atoms with Crippen LogP contribution in [-0.4, -0.2) is 43.9 Å². The van der Waals surface area contributed by atoms with Crippen molar-refractivity contribution in [3.8, 4) is 16.3 Å². The van der Waals surface area contributed by atoms with Crippen molar-refractivity contribution < 1.29 is 17.9 Å². The van der Waals surface area contributed by atoms with Gasteiger partial charge in [0.15, 0.2) is 0 Å². The van der Waals surface area contributed by atoms with E-state index in [1.54, 1.807) is 19.1 Å². The van der Waals surface area contributed by atoms with Crippen LogP contribution in [0.5, 0.6) is 5.75 Å². The number of benzene rings is 2. The number of halogens is 1. The molecule has 0 spiro atoms. The molecule has 0 bridgehead atoms. The van der Waals surface area contributed by atoms with Crippen LogP contribution in [-0.2, 0) is 14.8 Å². The van der Waals surface area contributed by atoms with Gasteiger partial charge in [-0.2, -0.15) is 0 Å². The second-order valence-electron chi connectivity index (χ2n) is 6.57. The fourth-order valence-electron chi connectivity index (χ4n) is 3.03. The minimum atomic E-state index is -3.85. The highest BCUT2D eigenvalue weighted by Crippen LogP contribution is 2.35. The van der Waals surface area contributed by atoms with Crippen molar-refractivity contribution in [2.45, 2.75) is 19.4 Å². The van der Waals surface area contributed by atoms with Crippen LogP contribution in [0.1, 0.15) is 13.3 Å². The fraction of sp³-hybridized carbons (Fsp3) is 0.250. The van der Waals surface area contributed by atoms with Gasteiger partial charge in [-0.25, -0.2) is 8.42 Å². The lowest BCUT2D eigenvalue weighted by atomic mass is 10.2. The maximum Gasteiger partial charge on any atom is 0.250 e. The number of carbonyl (C=O) groups is 1. The van der Waals surface area contributed by atoms with Gasteiger partial charge in [0.1, 0.15) is 16.8 Å². The minimum absolute atomic E-state index is 0.182. The number of anilines is 2. The molecule has 0 saturated carbocycles. The smallest absolute Gasteiger partial charge is 0.250 e. The third kappa shape index (κ3) is 5.33. The van der Waals surface area contributed by atoms with Gasteiger partial charge in [0.05, 0.1) is 19.1 Å². The van der Waals surface area contributed by atoms with Crippen molar-refractivity contribution >= 4 is 49.7 Å². The normalized spacial score (nSPS) is 12.3. The Labute approximate surface area is 189 Å². The zero-order chi connectivity index (χ0) is 22.6. The molecule has 2 aromatic carbocycles. The van der Waals surface area contributed by atoms with Crippen LogP contribution < -0.4 is 14.4 Å². The summed E-state index contributed by atoms with van der Waals surface area (Å²) in [6.45, 7) is 1.72. The van der Waals surface area contributed by atoms with Crippen LogP contribution >= 0.6 is 22.9 Å². The lowest BCUT2D eigenvalue weighted by Gasteiger charge is -2.30. The first-order valence-corrected chi connectivity index (χ1v) is 12.3. The summed E-state index contributed by atoms with van der Waals surface area (Å²) in [5.41, 5.74) is 1.05. The molecule has 1 amide bonds. The van der Waals surface area contributed by atoms with Crippen LogP contribution in [0, 0.1) is 0 Å². The number of ether oxygens (including phenoxy) is 1. The summed E-state index contributed by atoms with van der Waals surface area (Å²) in [5.74, 6) is -0.255. The van der Waals surface area contributed by atoms with Crippen LogP contribution in [0.4, 0.5) is 10.8 Å². The van der Waals surface area contributed by atoms with Crippen molar-refractivity contribution in [1.82, 2.24) is 10.2 Å². The van der Waals surface area contributed by atoms with Gasteiger partial charge in [0.25, 0.3) is 0 Å². The Hall–Kier alpha value is -2.69. The quantitative estimate of drug-likeness (QED) is 0.522. The molecule has 0 aliphatic heterocycles. The van der Waals surface area contributed by atoms with E-state index < -0.39 is 22.0 Å². The number of hydrogen-bond acceptors (Lipinski definition) is 7. The van der Waals surface area contributed by atoms with E-state index in [-0.39, 0.29) is 23.0 Å². The Morgan fingerprint density at radius 3 is 2.55 bits per heavy atom. The first-order valence-electron chi connectivity index (χ1n) is 9.27. The molecule has 11 heteroatoms. The Balaban J connectivity index is 1.92. The number of aromatic nitrogens is 2. The number of rotatable bonds is 8. The van der Waals surface area contributed by atoms with Crippen molar-refractivity contribution in [2.75, 3.05) is 23.0 Å². The van der Waals surface area contributed by atoms with Crippen LogP contribution in [0.2, 0.25) is 5.02 Å². The maximum absolute atomic E-state index is 13.1. The average molecular weight is 481 g/mol. The zero-order valence-electron chi connectivity index (χ0n) is 17.1. The van der Waals surface area contributed by atoms with Gasteiger partial charge in [0, 0.05) is 10.6 Å². The molecular weight excluding hydrogens is 460 g/mol. The summed E-state index contributed by atoms with van der Waals surface area (Å²) in [7, 11) is -2.44. The molecule has 31 heavy (non-hydrogen) atoms. The van der Waals surface area contributed by atoms with Gasteiger partial charge < -0.3 is 4.74 Å². The van der Waals surface area contributed by atoms with Gasteiger partial charge in [-0.1, -0.05) is 60.2 Å². The molecule has 1 atom stereocenters. The highest BCUT2D eigenvalue weighted by atomic mass is 35.5. The van der Waals surface area contributed by atoms with E-state index in [0.717, 1.165) is 16.1 Å². The monoisotopic (exact) mass is 480 g/mol. The van der Waals surface area contributed by atoms with Gasteiger partial charge in [0.2, 0.25) is 21.1 Å². The molecule has 0 radical (unpaired) electrons. The molecule has 0 fully saturated rings. The predicted octanol–water partition coefficient (Wildman–Crippen LogP) is 4.05. The van der Waals surface area contributed by atoms with Crippen molar-refractivity contribution in [1.29, 1.82) is 0 Å². The van der Waals surface area contributed by atoms with Crippen LogP contribution in [0.3, 0.4) is 0 Å². The first-order chi connectivity index (χ1) is 14.7. The van der Waals surface area contributed by atoms with E-state index in [1.165, 1.54) is 24.5 Å². The summed E-state index contributed by atoms with van der Waals surface area (Å²) in [6, 6.07) is 13.0. The molecule has 0 aliphatic rings. The molecule has 0 saturated heterocycles. The second kappa shape index (κ2) is 9.63. The summed E-state index contributed by atoms with van der Waals surface area (Å²) >= 11 is 7.29. The lowest BCUT2D eigenvalue weighted by molar-refractivity contribution is -0.117. The van der Waals surface area contributed by atoms with Gasteiger partial charge >= 0.3 is 0 Å². The van der Waals surface area contributed by atoms with E-state index >= 15 is 0 Å². The summed E-state index contributed by atoms with van der Waals surface area (Å²) < 4.78 is 31.7. The SMILES string of the molecule is CCC(C(=O)Nc1nnc(-c2ccccc2)s1)N(c1cc(Cl)ccc1OC)S(C)(=O)=O. The zero-order valence-corrected chi connectivity index (χ0v) is 19.5. The lowest BCUT2D eigenvalue weighted by Crippen LogP contribution is -2.47. The molecule has 1 unspecified atom stereocenters. The highest BCUT2D eigenvalue weighted by molar-refractivity contribution is 7.92. The molecular formula is C20H21ClN4O4S2. The van der Waals surface area contributed by atoms with Crippen LogP contribution in [0.25, 0.3) is 10.6 Å². The van der Waals surface area contributed by atoms with Gasteiger partial charge in [-0.15, -0.1) is 10.2 Å².